The Balaban J connectivity index is 2.23. The number of likely N-dealkylation sites (tertiary alicyclic amines) is 1. The van der Waals surface area contributed by atoms with E-state index in [9.17, 15) is 14.4 Å². The van der Waals surface area contributed by atoms with Crippen LogP contribution in [0.5, 0.6) is 0 Å². The van der Waals surface area contributed by atoms with E-state index in [0.29, 0.717) is 25.9 Å². The molecule has 3 N–H and O–H groups in total. The van der Waals surface area contributed by atoms with Gasteiger partial charge in [0.1, 0.15) is 5.60 Å². The van der Waals surface area contributed by atoms with Crippen molar-refractivity contribution >= 4 is 17.9 Å². The number of carbonyl (C=O) groups is 3. The molecule has 0 bridgehead atoms. The van der Waals surface area contributed by atoms with Gasteiger partial charge in [-0.3, -0.25) is 9.59 Å². The summed E-state index contributed by atoms with van der Waals surface area (Å²) in [5.41, 5.74) is 4.70. The van der Waals surface area contributed by atoms with E-state index < -0.39 is 11.7 Å². The summed E-state index contributed by atoms with van der Waals surface area (Å²) in [4.78, 5) is 36.1. The van der Waals surface area contributed by atoms with E-state index >= 15 is 0 Å². The summed E-state index contributed by atoms with van der Waals surface area (Å²) >= 11 is 0. The Bertz CT molecular complexity index is 396. The lowest BCUT2D eigenvalue weighted by Crippen LogP contribution is -2.43. The van der Waals surface area contributed by atoms with Gasteiger partial charge in [0.2, 0.25) is 11.8 Å². The smallest absolute Gasteiger partial charge is 0.407 e. The van der Waals surface area contributed by atoms with Crippen LogP contribution in [-0.4, -0.2) is 48.0 Å². The quantitative estimate of drug-likeness (QED) is 0.794. The lowest BCUT2D eigenvalue weighted by Gasteiger charge is -2.30. The van der Waals surface area contributed by atoms with Gasteiger partial charge in [-0.1, -0.05) is 0 Å². The second-order valence-electron chi connectivity index (χ2n) is 6.24. The molecular formula is C14H25N3O4. The van der Waals surface area contributed by atoms with Gasteiger partial charge in [-0.25, -0.2) is 4.79 Å². The van der Waals surface area contributed by atoms with Gasteiger partial charge >= 0.3 is 6.09 Å². The summed E-state index contributed by atoms with van der Waals surface area (Å²) < 4.78 is 5.08. The first-order chi connectivity index (χ1) is 9.69. The molecule has 0 aromatic heterocycles. The van der Waals surface area contributed by atoms with Crippen LogP contribution in [0.3, 0.4) is 0 Å². The molecule has 1 rings (SSSR count). The maximum absolute atomic E-state index is 12.0. The molecule has 0 spiro atoms. The molecule has 0 atom stereocenters. The number of carbonyl (C=O) groups excluding carboxylic acids is 3. The van der Waals surface area contributed by atoms with Crippen molar-refractivity contribution in [2.24, 2.45) is 11.7 Å². The lowest BCUT2D eigenvalue weighted by molar-refractivity contribution is -0.134. The highest BCUT2D eigenvalue weighted by atomic mass is 16.6. The highest BCUT2D eigenvalue weighted by molar-refractivity contribution is 5.79. The second-order valence-corrected chi connectivity index (χ2v) is 6.24. The third-order valence-electron chi connectivity index (χ3n) is 3.26. The number of ether oxygens (including phenoxy) is 1. The Morgan fingerprint density at radius 3 is 2.29 bits per heavy atom. The molecule has 0 radical (unpaired) electrons. The molecular weight excluding hydrogens is 274 g/mol. The van der Waals surface area contributed by atoms with E-state index in [-0.39, 0.29) is 30.7 Å². The number of nitrogens with one attached hydrogen (secondary N) is 1. The van der Waals surface area contributed by atoms with Crippen molar-refractivity contribution in [3.63, 3.8) is 0 Å². The van der Waals surface area contributed by atoms with Gasteiger partial charge < -0.3 is 20.7 Å². The minimum Gasteiger partial charge on any atom is -0.444 e. The van der Waals surface area contributed by atoms with Gasteiger partial charge in [-0.05, 0) is 33.6 Å². The summed E-state index contributed by atoms with van der Waals surface area (Å²) in [5, 5.41) is 2.55. The van der Waals surface area contributed by atoms with E-state index in [1.54, 1.807) is 25.7 Å². The van der Waals surface area contributed by atoms with Gasteiger partial charge in [-0.2, -0.15) is 0 Å². The highest BCUT2D eigenvalue weighted by Gasteiger charge is 2.25. The van der Waals surface area contributed by atoms with Crippen LogP contribution in [0.2, 0.25) is 0 Å². The Labute approximate surface area is 125 Å². The molecule has 7 heteroatoms. The Kier molecular flexibility index (Phi) is 5.99. The predicted molar refractivity (Wildman–Crippen MR) is 77.4 cm³/mol. The number of hydrogen-bond donors (Lipinski definition) is 2. The third-order valence-corrected chi connectivity index (χ3v) is 3.26. The monoisotopic (exact) mass is 299 g/mol. The number of primary amides is 1. The van der Waals surface area contributed by atoms with E-state index in [1.807, 2.05) is 0 Å². The van der Waals surface area contributed by atoms with Crippen LogP contribution in [0, 0.1) is 5.92 Å². The van der Waals surface area contributed by atoms with Crippen molar-refractivity contribution in [1.82, 2.24) is 10.2 Å². The zero-order chi connectivity index (χ0) is 16.0. The Morgan fingerprint density at radius 2 is 1.81 bits per heavy atom. The summed E-state index contributed by atoms with van der Waals surface area (Å²) in [6.45, 7) is 6.66. The Morgan fingerprint density at radius 1 is 1.24 bits per heavy atom. The summed E-state index contributed by atoms with van der Waals surface area (Å²) in [6.07, 6.45) is 0.921. The highest BCUT2D eigenvalue weighted by Crippen LogP contribution is 2.17. The van der Waals surface area contributed by atoms with Gasteiger partial charge in [0.15, 0.2) is 0 Å². The number of piperidine rings is 1. The van der Waals surface area contributed by atoms with Crippen molar-refractivity contribution in [2.45, 2.75) is 45.6 Å². The minimum absolute atomic E-state index is 0.0334. The molecule has 1 aliphatic heterocycles. The van der Waals surface area contributed by atoms with Crippen LogP contribution in [-0.2, 0) is 14.3 Å². The van der Waals surface area contributed by atoms with E-state index in [0.717, 1.165) is 0 Å². The molecule has 0 unspecified atom stereocenters. The fraction of sp³-hybridized carbons (Fsp3) is 0.786. The zero-order valence-electron chi connectivity index (χ0n) is 13.0. The molecule has 1 saturated heterocycles. The number of hydrogen-bond acceptors (Lipinski definition) is 4. The first-order valence-corrected chi connectivity index (χ1v) is 7.23. The number of alkyl carbamates (subject to hydrolysis) is 1. The van der Waals surface area contributed by atoms with Gasteiger partial charge in [0.25, 0.3) is 0 Å². The van der Waals surface area contributed by atoms with Gasteiger partial charge in [-0.15, -0.1) is 0 Å². The molecule has 0 aromatic rings. The molecule has 21 heavy (non-hydrogen) atoms. The molecule has 1 heterocycles. The van der Waals surface area contributed by atoms with Crippen molar-refractivity contribution < 1.29 is 19.1 Å². The summed E-state index contributed by atoms with van der Waals surface area (Å²) in [6, 6.07) is 0. The predicted octanol–water partition coefficient (Wildman–Crippen LogP) is 0.625. The van der Waals surface area contributed by atoms with Crippen molar-refractivity contribution in [3.05, 3.63) is 0 Å². The SMILES string of the molecule is CC(C)(C)OC(=O)NCCC(=O)N1CCC(C(N)=O)CC1. The number of nitrogens with two attached hydrogens (primary N) is 1. The maximum atomic E-state index is 12.0. The van der Waals surface area contributed by atoms with Gasteiger partial charge in [0.05, 0.1) is 0 Å². The fourth-order valence-electron chi connectivity index (χ4n) is 2.16. The minimum atomic E-state index is -0.551. The van der Waals surface area contributed by atoms with Crippen LogP contribution in [0.1, 0.15) is 40.0 Å². The van der Waals surface area contributed by atoms with Crippen LogP contribution < -0.4 is 11.1 Å². The van der Waals surface area contributed by atoms with E-state index in [2.05, 4.69) is 5.32 Å². The van der Waals surface area contributed by atoms with Crippen molar-refractivity contribution in [1.29, 1.82) is 0 Å². The molecule has 120 valence electrons. The van der Waals surface area contributed by atoms with Crippen LogP contribution in [0.15, 0.2) is 0 Å². The molecule has 7 nitrogen and oxygen atoms in total. The topological polar surface area (TPSA) is 102 Å². The van der Waals surface area contributed by atoms with E-state index in [4.69, 9.17) is 10.5 Å². The third kappa shape index (κ3) is 6.46. The molecule has 3 amide bonds. The largest absolute Gasteiger partial charge is 0.444 e. The number of rotatable bonds is 4. The van der Waals surface area contributed by atoms with E-state index in [1.165, 1.54) is 0 Å². The second kappa shape index (κ2) is 7.28. The maximum Gasteiger partial charge on any atom is 0.407 e. The molecule has 1 aliphatic rings. The van der Waals surface area contributed by atoms with Crippen LogP contribution in [0.4, 0.5) is 4.79 Å². The summed E-state index contributed by atoms with van der Waals surface area (Å²) in [5.74, 6) is -0.461. The first kappa shape index (κ1) is 17.3. The standard InChI is InChI=1S/C14H25N3O4/c1-14(2,3)21-13(20)16-7-4-11(18)17-8-5-10(6-9-17)12(15)19/h10H,4-9H2,1-3H3,(H2,15,19)(H,16,20). The Hall–Kier alpha value is -1.79. The van der Waals surface area contributed by atoms with Crippen molar-refractivity contribution in [2.75, 3.05) is 19.6 Å². The summed E-state index contributed by atoms with van der Waals surface area (Å²) in [7, 11) is 0. The molecule has 0 saturated carbocycles. The van der Waals surface area contributed by atoms with Crippen LogP contribution in [0.25, 0.3) is 0 Å². The average Bonchev–Trinajstić information content (AvgIpc) is 2.36. The van der Waals surface area contributed by atoms with Crippen molar-refractivity contribution in [3.8, 4) is 0 Å². The molecule has 0 aliphatic carbocycles. The molecule has 0 aromatic carbocycles. The molecule has 1 fully saturated rings. The van der Waals surface area contributed by atoms with Crippen LogP contribution >= 0.6 is 0 Å². The normalized spacial score (nSPS) is 16.4. The zero-order valence-corrected chi connectivity index (χ0v) is 13.0. The number of nitrogens with zero attached hydrogens (tertiary/aromatic N) is 1. The first-order valence-electron chi connectivity index (χ1n) is 7.23. The number of amides is 3. The average molecular weight is 299 g/mol. The fourth-order valence-corrected chi connectivity index (χ4v) is 2.16. The lowest BCUT2D eigenvalue weighted by atomic mass is 9.96. The van der Waals surface area contributed by atoms with Gasteiger partial charge in [0, 0.05) is 32.0 Å².